The molecule has 2 saturated carbocycles. The van der Waals surface area contributed by atoms with Gasteiger partial charge < -0.3 is 0 Å². The summed E-state index contributed by atoms with van der Waals surface area (Å²) >= 11 is 0. The van der Waals surface area contributed by atoms with Crippen molar-refractivity contribution in [2.24, 2.45) is 5.92 Å². The second kappa shape index (κ2) is 15.2. The highest BCUT2D eigenvalue weighted by atomic mass is 14.5. The van der Waals surface area contributed by atoms with Crippen LogP contribution in [0.25, 0.3) is 60.5 Å². The van der Waals surface area contributed by atoms with Crippen LogP contribution in [0.5, 0.6) is 0 Å². The summed E-state index contributed by atoms with van der Waals surface area (Å²) in [5.74, 6) is 0.564. The molecule has 1 atom stereocenters. The predicted octanol–water partition coefficient (Wildman–Crippen LogP) is 17.2. The number of allylic oxidation sites excluding steroid dienone is 15. The summed E-state index contributed by atoms with van der Waals surface area (Å²) in [6.07, 6.45) is 36.2. The van der Waals surface area contributed by atoms with Crippen LogP contribution in [0.4, 0.5) is 0 Å². The van der Waals surface area contributed by atoms with Crippen LogP contribution >= 0.6 is 0 Å². The molecule has 2 fully saturated rings. The minimum Gasteiger partial charge on any atom is -0.0984 e. The lowest BCUT2D eigenvalue weighted by atomic mass is 9.70. The molecular formula is C63H56. The molecule has 0 bridgehead atoms. The van der Waals surface area contributed by atoms with E-state index in [2.05, 4.69) is 177 Å². The molecule has 0 aromatic heterocycles. The first-order valence-electron chi connectivity index (χ1n) is 23.9. The number of rotatable bonds is 6. The van der Waals surface area contributed by atoms with Crippen LogP contribution in [-0.4, -0.2) is 0 Å². The summed E-state index contributed by atoms with van der Waals surface area (Å²) in [6, 6.07) is 43.0. The Morgan fingerprint density at radius 1 is 0.635 bits per heavy atom. The second-order valence-corrected chi connectivity index (χ2v) is 19.2. The van der Waals surface area contributed by atoms with E-state index in [1.807, 2.05) is 6.08 Å². The summed E-state index contributed by atoms with van der Waals surface area (Å²) in [5.41, 5.74) is 21.5. The average molecular weight is 813 g/mol. The van der Waals surface area contributed by atoms with Crippen molar-refractivity contribution in [3.63, 3.8) is 0 Å². The van der Waals surface area contributed by atoms with E-state index in [1.165, 1.54) is 141 Å². The van der Waals surface area contributed by atoms with Gasteiger partial charge in [0.05, 0.1) is 0 Å². The van der Waals surface area contributed by atoms with Gasteiger partial charge in [-0.2, -0.15) is 0 Å². The second-order valence-electron chi connectivity index (χ2n) is 19.2. The highest BCUT2D eigenvalue weighted by Crippen LogP contribution is 2.61. The first-order valence-corrected chi connectivity index (χ1v) is 23.9. The number of fused-ring (bicyclic) bond motifs is 12. The van der Waals surface area contributed by atoms with E-state index >= 15 is 0 Å². The van der Waals surface area contributed by atoms with Gasteiger partial charge >= 0.3 is 0 Å². The van der Waals surface area contributed by atoms with Gasteiger partial charge in [-0.1, -0.05) is 190 Å². The number of benzene rings is 6. The van der Waals surface area contributed by atoms with Crippen LogP contribution in [0.1, 0.15) is 111 Å². The topological polar surface area (TPSA) is 0 Å². The summed E-state index contributed by atoms with van der Waals surface area (Å²) in [6.45, 7) is 6.36. The summed E-state index contributed by atoms with van der Waals surface area (Å²) < 4.78 is 0. The van der Waals surface area contributed by atoms with Crippen molar-refractivity contribution in [3.8, 4) is 22.3 Å². The lowest BCUT2D eigenvalue weighted by molar-refractivity contribution is 0.337. The summed E-state index contributed by atoms with van der Waals surface area (Å²) in [5, 5.41) is 5.39. The molecule has 0 saturated heterocycles. The molecule has 63 heavy (non-hydrogen) atoms. The Labute approximate surface area is 374 Å². The van der Waals surface area contributed by atoms with Crippen LogP contribution < -0.4 is 0 Å². The zero-order valence-corrected chi connectivity index (χ0v) is 36.7. The van der Waals surface area contributed by atoms with Crippen LogP contribution in [0.3, 0.4) is 0 Å². The number of hydrogen-bond acceptors (Lipinski definition) is 0. The first-order chi connectivity index (χ1) is 31.1. The minimum absolute atomic E-state index is 0.109. The Bertz CT molecular complexity index is 3110. The van der Waals surface area contributed by atoms with Crippen molar-refractivity contribution in [1.82, 2.24) is 0 Å². The van der Waals surface area contributed by atoms with E-state index in [-0.39, 0.29) is 10.8 Å². The van der Waals surface area contributed by atoms with Crippen molar-refractivity contribution >= 4 is 38.3 Å². The molecule has 2 spiro atoms. The molecule has 0 heteroatoms. The zero-order chi connectivity index (χ0) is 42.1. The van der Waals surface area contributed by atoms with Gasteiger partial charge in [-0.25, -0.2) is 0 Å². The summed E-state index contributed by atoms with van der Waals surface area (Å²) in [4.78, 5) is 0. The maximum atomic E-state index is 4.29. The van der Waals surface area contributed by atoms with E-state index in [9.17, 15) is 0 Å². The molecule has 0 amide bonds. The van der Waals surface area contributed by atoms with Gasteiger partial charge in [0, 0.05) is 10.8 Å². The minimum atomic E-state index is 0.109. The van der Waals surface area contributed by atoms with Gasteiger partial charge in [0.2, 0.25) is 0 Å². The van der Waals surface area contributed by atoms with Crippen molar-refractivity contribution in [2.45, 2.75) is 88.4 Å². The molecule has 0 heterocycles. The van der Waals surface area contributed by atoms with Gasteiger partial charge in [0.15, 0.2) is 0 Å². The van der Waals surface area contributed by atoms with Gasteiger partial charge in [-0.15, -0.1) is 0 Å². The quantitative estimate of drug-likeness (QED) is 0.116. The molecule has 1 unspecified atom stereocenters. The fourth-order valence-electron chi connectivity index (χ4n) is 13.6. The molecule has 6 aromatic carbocycles. The molecule has 0 aliphatic heterocycles. The van der Waals surface area contributed by atoms with E-state index in [0.717, 1.165) is 18.4 Å². The van der Waals surface area contributed by atoms with E-state index in [1.54, 1.807) is 16.7 Å². The third-order valence-corrected chi connectivity index (χ3v) is 16.3. The Hall–Kier alpha value is -6.24. The highest BCUT2D eigenvalue weighted by Gasteiger charge is 2.50. The van der Waals surface area contributed by atoms with Crippen molar-refractivity contribution < 1.29 is 0 Å². The molecule has 0 N–H and O–H groups in total. The van der Waals surface area contributed by atoms with Crippen LogP contribution in [0.2, 0.25) is 0 Å². The standard InChI is InChI=1S/C63H56/c1-3-5-19-42(4-2)46-20-7-6-8-21-47(46)44-29-34-54-55(40-44)60(43-28-32-50-48-22-11-13-26-56(48)62(36-15-16-37-62)58(50)35-31-43)52-24-9-10-25-53(52)61(54)45-30-33-51-49-23-12-14-27-57(49)63(59(51)41-45)38-17-18-39-63/h3-6,8-14,19-30,32-34,40-41,58H,2,7,15-18,31,35-39H2,1H3/b5-3-,42-19+. The largest absolute Gasteiger partial charge is 0.0984 e. The van der Waals surface area contributed by atoms with Gasteiger partial charge in [0.25, 0.3) is 0 Å². The van der Waals surface area contributed by atoms with Crippen LogP contribution in [0, 0.1) is 5.92 Å². The smallest absolute Gasteiger partial charge is 0.0215 e. The van der Waals surface area contributed by atoms with E-state index in [4.69, 9.17) is 0 Å². The maximum Gasteiger partial charge on any atom is 0.0215 e. The van der Waals surface area contributed by atoms with Gasteiger partial charge in [-0.3, -0.25) is 0 Å². The lowest BCUT2D eigenvalue weighted by Crippen LogP contribution is -2.27. The summed E-state index contributed by atoms with van der Waals surface area (Å²) in [7, 11) is 0. The fourth-order valence-corrected chi connectivity index (χ4v) is 13.6. The monoisotopic (exact) mass is 812 g/mol. The molecule has 6 aromatic rings. The van der Waals surface area contributed by atoms with Crippen LogP contribution in [0.15, 0.2) is 188 Å². The lowest BCUT2D eigenvalue weighted by Gasteiger charge is -2.33. The predicted molar refractivity (Wildman–Crippen MR) is 270 cm³/mol. The third-order valence-electron chi connectivity index (χ3n) is 16.3. The normalized spacial score (nSPS) is 20.6. The molecule has 0 nitrogen and oxygen atoms in total. The molecule has 6 aliphatic carbocycles. The van der Waals surface area contributed by atoms with Crippen molar-refractivity contribution in [3.05, 3.63) is 221 Å². The zero-order valence-electron chi connectivity index (χ0n) is 36.7. The fraction of sp³-hybridized carbons (Fsp3) is 0.238. The van der Waals surface area contributed by atoms with E-state index in [0.29, 0.717) is 5.92 Å². The molecule has 0 radical (unpaired) electrons. The molecular weight excluding hydrogens is 757 g/mol. The average Bonchev–Trinajstić information content (AvgIpc) is 4.05. The molecule has 308 valence electrons. The Morgan fingerprint density at radius 2 is 1.33 bits per heavy atom. The maximum absolute atomic E-state index is 4.29. The van der Waals surface area contributed by atoms with Gasteiger partial charge in [0.1, 0.15) is 0 Å². The van der Waals surface area contributed by atoms with Crippen molar-refractivity contribution in [2.75, 3.05) is 0 Å². The highest BCUT2D eigenvalue weighted by molar-refractivity contribution is 6.19. The van der Waals surface area contributed by atoms with Crippen LogP contribution in [-0.2, 0) is 10.8 Å². The first kappa shape index (κ1) is 38.4. The Kier molecular flexibility index (Phi) is 9.30. The third kappa shape index (κ3) is 5.80. The van der Waals surface area contributed by atoms with Crippen molar-refractivity contribution in [1.29, 1.82) is 0 Å². The Balaban J connectivity index is 1.10. The molecule has 6 aliphatic rings. The SMILES string of the molecule is C=C/C(=C\C=C/C)C1=CCC=CC=C1c1ccc2c(-c3ccc4c(c3)C3(CCCC3)c3ccccc3-4)c3ccccc3c(C3=CC=C4c5ccccc5C5(CCCC5)C4CC3)c2c1. The van der Waals surface area contributed by atoms with Gasteiger partial charge in [-0.05, 0) is 175 Å². The Morgan fingerprint density at radius 3 is 2.14 bits per heavy atom. The van der Waals surface area contributed by atoms with E-state index < -0.39 is 0 Å². The molecule has 12 rings (SSSR count). The number of hydrogen-bond donors (Lipinski definition) is 0.